The number of hydrogen-bond acceptors (Lipinski definition) is 2. The van der Waals surface area contributed by atoms with E-state index in [9.17, 15) is 0 Å². The van der Waals surface area contributed by atoms with E-state index < -0.39 is 0 Å². The Labute approximate surface area is 76.7 Å². The first-order valence-corrected chi connectivity index (χ1v) is 3.99. The van der Waals surface area contributed by atoms with Crippen molar-refractivity contribution < 1.29 is 4.74 Å². The lowest BCUT2D eigenvalue weighted by molar-refractivity contribution is 0.415. The number of nitrogens with zero attached hydrogens (tertiary/aromatic N) is 2. The van der Waals surface area contributed by atoms with Crippen LogP contribution in [-0.2, 0) is 0 Å². The van der Waals surface area contributed by atoms with E-state index in [1.54, 1.807) is 13.3 Å². The molecule has 0 amide bonds. The molecule has 0 unspecified atom stereocenters. The minimum Gasteiger partial charge on any atom is -0.497 e. The molecule has 1 aliphatic heterocycles. The number of allylic oxidation sites excluding steroid dienone is 1. The molecule has 0 N–H and O–H groups in total. The topological polar surface area (TPSA) is 35.7 Å². The molecule has 0 saturated heterocycles. The van der Waals surface area contributed by atoms with Gasteiger partial charge in [-0.1, -0.05) is 0 Å². The van der Waals surface area contributed by atoms with Crippen molar-refractivity contribution >= 4 is 11.9 Å². The Morgan fingerprint density at radius 3 is 2.46 bits per heavy atom. The zero-order valence-electron chi connectivity index (χ0n) is 7.27. The maximum absolute atomic E-state index is 5.05. The van der Waals surface area contributed by atoms with E-state index in [0.29, 0.717) is 0 Å². The van der Waals surface area contributed by atoms with Gasteiger partial charge in [0.15, 0.2) is 0 Å². The van der Waals surface area contributed by atoms with E-state index in [2.05, 4.69) is 10.5 Å². The predicted octanol–water partition coefficient (Wildman–Crippen LogP) is 1.64. The summed E-state index contributed by atoms with van der Waals surface area (Å²) >= 11 is 0. The van der Waals surface area contributed by atoms with Crippen LogP contribution in [0.4, 0.5) is 0 Å². The van der Waals surface area contributed by atoms with Gasteiger partial charge in [-0.3, -0.25) is 0 Å². The third-order valence-electron chi connectivity index (χ3n) is 1.85. The van der Waals surface area contributed by atoms with Gasteiger partial charge < -0.3 is 4.74 Å². The largest absolute Gasteiger partial charge is 0.497 e. The third-order valence-corrected chi connectivity index (χ3v) is 1.85. The van der Waals surface area contributed by atoms with Crippen molar-refractivity contribution in [3.8, 4) is 5.75 Å². The molecule has 1 aromatic carbocycles. The molecule has 65 valence electrons. The van der Waals surface area contributed by atoms with Crippen molar-refractivity contribution in [1.29, 1.82) is 0 Å². The standard InChI is InChI=1S/C10H9N2O/c1-13-9-4-2-8(3-5-9)10-6-7-11-12-10/h2-7H,1H3. The molecule has 0 aromatic heterocycles. The number of hydrogen-bond donors (Lipinski definition) is 0. The van der Waals surface area contributed by atoms with E-state index in [-0.39, 0.29) is 0 Å². The summed E-state index contributed by atoms with van der Waals surface area (Å²) in [5.41, 5.74) is 5.90. The molecule has 0 aliphatic carbocycles. The number of methoxy groups -OCH3 is 1. The highest BCUT2D eigenvalue weighted by molar-refractivity contribution is 5.87. The van der Waals surface area contributed by atoms with E-state index in [1.807, 2.05) is 30.3 Å². The Morgan fingerprint density at radius 1 is 1.15 bits per heavy atom. The van der Waals surface area contributed by atoms with Crippen molar-refractivity contribution in [2.24, 2.45) is 5.10 Å². The summed E-state index contributed by atoms with van der Waals surface area (Å²) in [6, 6.07) is 7.74. The van der Waals surface area contributed by atoms with Crippen LogP contribution < -0.4 is 10.2 Å². The molecular weight excluding hydrogens is 164 g/mol. The van der Waals surface area contributed by atoms with Crippen LogP contribution in [-0.4, -0.2) is 13.3 Å². The van der Waals surface area contributed by atoms with Gasteiger partial charge in [0.2, 0.25) is 0 Å². The molecule has 0 bridgehead atoms. The molecule has 3 nitrogen and oxygen atoms in total. The molecule has 1 heterocycles. The summed E-state index contributed by atoms with van der Waals surface area (Å²) in [5, 5.41) is 3.76. The summed E-state index contributed by atoms with van der Waals surface area (Å²) in [5.74, 6) is 0.850. The molecule has 1 radical (unpaired) electrons. The van der Waals surface area contributed by atoms with Crippen LogP contribution in [0.15, 0.2) is 35.4 Å². The van der Waals surface area contributed by atoms with Gasteiger partial charge in [0.1, 0.15) is 5.75 Å². The Kier molecular flexibility index (Phi) is 2.00. The van der Waals surface area contributed by atoms with E-state index in [1.165, 1.54) is 0 Å². The second-order valence-electron chi connectivity index (χ2n) is 2.64. The third kappa shape index (κ3) is 1.54. The number of benzene rings is 1. The van der Waals surface area contributed by atoms with Crippen molar-refractivity contribution in [2.75, 3.05) is 7.11 Å². The molecule has 1 aromatic rings. The first kappa shape index (κ1) is 7.86. The van der Waals surface area contributed by atoms with Gasteiger partial charge in [0, 0.05) is 5.56 Å². The van der Waals surface area contributed by atoms with Crippen LogP contribution in [0, 0.1) is 0 Å². The number of rotatable bonds is 2. The average molecular weight is 173 g/mol. The quantitative estimate of drug-likeness (QED) is 0.669. The minimum absolute atomic E-state index is 0.850. The summed E-state index contributed by atoms with van der Waals surface area (Å²) in [7, 11) is 1.65. The van der Waals surface area contributed by atoms with Crippen molar-refractivity contribution in [2.45, 2.75) is 0 Å². The van der Waals surface area contributed by atoms with E-state index >= 15 is 0 Å². The normalized spacial score (nSPS) is 13.8. The smallest absolute Gasteiger partial charge is 0.118 e. The zero-order valence-corrected chi connectivity index (χ0v) is 7.27. The Bertz CT molecular complexity index is 352. The van der Waals surface area contributed by atoms with Gasteiger partial charge >= 0.3 is 0 Å². The summed E-state index contributed by atoms with van der Waals surface area (Å²) in [6.07, 6.45) is 3.56. The van der Waals surface area contributed by atoms with Crippen LogP contribution in [0.1, 0.15) is 5.56 Å². The minimum atomic E-state index is 0.850. The van der Waals surface area contributed by atoms with E-state index in [0.717, 1.165) is 17.0 Å². The fourth-order valence-electron chi connectivity index (χ4n) is 1.15. The van der Waals surface area contributed by atoms with Gasteiger partial charge in [-0.2, -0.15) is 10.5 Å². The maximum atomic E-state index is 5.05. The van der Waals surface area contributed by atoms with Crippen molar-refractivity contribution in [3.05, 3.63) is 35.9 Å². The lowest BCUT2D eigenvalue weighted by atomic mass is 10.1. The lowest BCUT2D eigenvalue weighted by Crippen LogP contribution is -1.91. The number of ether oxygens (including phenoxy) is 1. The molecular formula is C10H9N2O. The first-order chi connectivity index (χ1) is 6.40. The average Bonchev–Trinajstić information content (AvgIpc) is 2.71. The fourth-order valence-corrected chi connectivity index (χ4v) is 1.15. The molecule has 0 fully saturated rings. The van der Waals surface area contributed by atoms with Crippen LogP contribution in [0.25, 0.3) is 5.70 Å². The highest BCUT2D eigenvalue weighted by atomic mass is 16.5. The summed E-state index contributed by atoms with van der Waals surface area (Å²) < 4.78 is 5.05. The maximum Gasteiger partial charge on any atom is 0.118 e. The molecule has 3 heteroatoms. The van der Waals surface area contributed by atoms with Gasteiger partial charge in [-0.25, -0.2) is 0 Å². The molecule has 13 heavy (non-hydrogen) atoms. The van der Waals surface area contributed by atoms with E-state index in [4.69, 9.17) is 4.74 Å². The zero-order chi connectivity index (χ0) is 9.10. The summed E-state index contributed by atoms with van der Waals surface area (Å²) in [4.78, 5) is 0. The van der Waals surface area contributed by atoms with Gasteiger partial charge in [-0.05, 0) is 30.3 Å². The second-order valence-corrected chi connectivity index (χ2v) is 2.64. The van der Waals surface area contributed by atoms with Gasteiger partial charge in [0.05, 0.1) is 19.0 Å². The highest BCUT2D eigenvalue weighted by Crippen LogP contribution is 2.18. The summed E-state index contributed by atoms with van der Waals surface area (Å²) in [6.45, 7) is 0. The molecule has 0 saturated carbocycles. The Balaban J connectivity index is 2.23. The van der Waals surface area contributed by atoms with Crippen molar-refractivity contribution in [3.63, 3.8) is 0 Å². The first-order valence-electron chi connectivity index (χ1n) is 3.99. The van der Waals surface area contributed by atoms with Crippen LogP contribution in [0.3, 0.4) is 0 Å². The molecule has 0 spiro atoms. The van der Waals surface area contributed by atoms with Crippen LogP contribution in [0.2, 0.25) is 0 Å². The molecule has 0 atom stereocenters. The predicted molar refractivity (Wildman–Crippen MR) is 51.6 cm³/mol. The molecule has 2 rings (SSSR count). The van der Waals surface area contributed by atoms with Crippen molar-refractivity contribution in [1.82, 2.24) is 5.43 Å². The fraction of sp³-hybridized carbons (Fsp3) is 0.100. The van der Waals surface area contributed by atoms with Crippen LogP contribution in [0.5, 0.6) is 5.75 Å². The Hall–Kier alpha value is -1.77. The molecule has 1 aliphatic rings. The highest BCUT2D eigenvalue weighted by Gasteiger charge is 2.04. The van der Waals surface area contributed by atoms with Crippen LogP contribution >= 0.6 is 0 Å². The monoisotopic (exact) mass is 173 g/mol. The SMILES string of the molecule is COc1ccc(C2=CC=N[N]2)cc1. The second kappa shape index (κ2) is 3.31. The van der Waals surface area contributed by atoms with Gasteiger partial charge in [0.25, 0.3) is 0 Å². The van der Waals surface area contributed by atoms with Gasteiger partial charge in [-0.15, -0.1) is 0 Å². The lowest BCUT2D eigenvalue weighted by Gasteiger charge is -2.02. The Morgan fingerprint density at radius 2 is 1.92 bits per heavy atom.